The molecule has 1 aliphatic carbocycles. The number of nitrogens with zero attached hydrogens (tertiary/aromatic N) is 2. The van der Waals surface area contributed by atoms with Gasteiger partial charge in [0.05, 0.1) is 15.8 Å². The van der Waals surface area contributed by atoms with E-state index in [9.17, 15) is 4.79 Å². The monoisotopic (exact) mass is 342 g/mol. The van der Waals surface area contributed by atoms with Gasteiger partial charge in [-0.1, -0.05) is 34.4 Å². The molecule has 118 valence electrons. The third-order valence-electron chi connectivity index (χ3n) is 4.29. The second-order valence-electron chi connectivity index (χ2n) is 5.56. The number of halogens is 2. The van der Waals surface area contributed by atoms with E-state index < -0.39 is 6.09 Å². The first-order valence-corrected chi connectivity index (χ1v) is 7.91. The quantitative estimate of drug-likeness (QED) is 0.671. The highest BCUT2D eigenvalue weighted by atomic mass is 35.5. The molecule has 22 heavy (non-hydrogen) atoms. The van der Waals surface area contributed by atoms with Crippen molar-refractivity contribution in [1.29, 1.82) is 0 Å². The first-order chi connectivity index (χ1) is 10.5. The molecule has 1 saturated carbocycles. The van der Waals surface area contributed by atoms with Gasteiger partial charge in [-0.15, -0.1) is 0 Å². The van der Waals surface area contributed by atoms with Crippen LogP contribution in [-0.2, 0) is 4.84 Å². The van der Waals surface area contributed by atoms with Crippen molar-refractivity contribution in [3.8, 4) is 0 Å². The van der Waals surface area contributed by atoms with Crippen molar-refractivity contribution >= 4 is 35.0 Å². The Morgan fingerprint density at radius 2 is 2.05 bits per heavy atom. The van der Waals surface area contributed by atoms with E-state index in [-0.39, 0.29) is 5.92 Å². The average molecular weight is 343 g/mol. The van der Waals surface area contributed by atoms with Crippen LogP contribution in [0.25, 0.3) is 0 Å². The van der Waals surface area contributed by atoms with Gasteiger partial charge in [-0.05, 0) is 30.9 Å². The van der Waals surface area contributed by atoms with E-state index in [1.54, 1.807) is 12.1 Å². The highest BCUT2D eigenvalue weighted by Gasteiger charge is 2.59. The predicted octanol–water partition coefficient (Wildman–Crippen LogP) is 3.59. The van der Waals surface area contributed by atoms with Gasteiger partial charge in [0.25, 0.3) is 0 Å². The third-order valence-corrected chi connectivity index (χ3v) is 5.03. The highest BCUT2D eigenvalue weighted by molar-refractivity contribution is 6.42. The van der Waals surface area contributed by atoms with E-state index in [1.165, 1.54) is 4.90 Å². The summed E-state index contributed by atoms with van der Waals surface area (Å²) >= 11 is 12.0. The van der Waals surface area contributed by atoms with Gasteiger partial charge < -0.3 is 14.8 Å². The standard InChI is InChI=1S/C15H16Cl2N2O3/c1-2-22-18-14(8-3-4-11(16)12(17)5-8)13-9-6-19(15(20)21)7-10(9)13/h3-5,9-10,13H,2,6-7H2,1H3,(H,20,21)/b18-14+. The fraction of sp³-hybridized carbons (Fsp3) is 0.467. The molecule has 1 N–H and O–H groups in total. The van der Waals surface area contributed by atoms with Gasteiger partial charge in [0, 0.05) is 24.6 Å². The Morgan fingerprint density at radius 1 is 1.36 bits per heavy atom. The number of hydrogen-bond donors (Lipinski definition) is 1. The van der Waals surface area contributed by atoms with Crippen LogP contribution >= 0.6 is 23.2 Å². The molecule has 1 heterocycles. The molecule has 1 amide bonds. The Hall–Kier alpha value is -1.46. The Bertz CT molecular complexity index is 623. The smallest absolute Gasteiger partial charge is 0.407 e. The van der Waals surface area contributed by atoms with Crippen LogP contribution < -0.4 is 0 Å². The third kappa shape index (κ3) is 2.75. The summed E-state index contributed by atoms with van der Waals surface area (Å²) in [7, 11) is 0. The van der Waals surface area contributed by atoms with Gasteiger partial charge in [-0.25, -0.2) is 4.79 Å². The molecule has 2 unspecified atom stereocenters. The van der Waals surface area contributed by atoms with E-state index in [1.807, 2.05) is 13.0 Å². The van der Waals surface area contributed by atoms with E-state index in [0.29, 0.717) is 41.6 Å². The lowest BCUT2D eigenvalue weighted by atomic mass is 10.0. The van der Waals surface area contributed by atoms with E-state index >= 15 is 0 Å². The molecular weight excluding hydrogens is 327 g/mol. The highest BCUT2D eigenvalue weighted by Crippen LogP contribution is 2.53. The summed E-state index contributed by atoms with van der Waals surface area (Å²) in [5.41, 5.74) is 1.71. The summed E-state index contributed by atoms with van der Waals surface area (Å²) in [6.07, 6.45) is -0.858. The van der Waals surface area contributed by atoms with Gasteiger partial charge in [-0.2, -0.15) is 0 Å². The number of likely N-dealkylation sites (tertiary alicyclic amines) is 1. The van der Waals surface area contributed by atoms with Crippen molar-refractivity contribution in [3.05, 3.63) is 33.8 Å². The van der Waals surface area contributed by atoms with Crippen LogP contribution in [0.3, 0.4) is 0 Å². The molecule has 1 aromatic carbocycles. The predicted molar refractivity (Wildman–Crippen MR) is 84.7 cm³/mol. The Balaban J connectivity index is 1.81. The molecule has 7 heteroatoms. The number of carboxylic acid groups (broad SMARTS) is 1. The van der Waals surface area contributed by atoms with Crippen LogP contribution in [-0.4, -0.2) is 41.5 Å². The summed E-state index contributed by atoms with van der Waals surface area (Å²) < 4.78 is 0. The van der Waals surface area contributed by atoms with Crippen molar-refractivity contribution in [2.45, 2.75) is 6.92 Å². The lowest BCUT2D eigenvalue weighted by Crippen LogP contribution is -2.31. The molecule has 3 rings (SSSR count). The zero-order valence-electron chi connectivity index (χ0n) is 12.0. The maximum atomic E-state index is 11.0. The summed E-state index contributed by atoms with van der Waals surface area (Å²) in [4.78, 5) is 17.7. The second kappa shape index (κ2) is 5.97. The fourth-order valence-electron chi connectivity index (χ4n) is 3.18. The van der Waals surface area contributed by atoms with E-state index in [4.69, 9.17) is 33.1 Å². The molecule has 0 radical (unpaired) electrons. The zero-order valence-corrected chi connectivity index (χ0v) is 13.5. The van der Waals surface area contributed by atoms with Crippen LogP contribution in [0.1, 0.15) is 12.5 Å². The van der Waals surface area contributed by atoms with Crippen LogP contribution in [0, 0.1) is 17.8 Å². The van der Waals surface area contributed by atoms with Crippen LogP contribution in [0.5, 0.6) is 0 Å². The molecule has 2 atom stereocenters. The van der Waals surface area contributed by atoms with Crippen LogP contribution in [0.4, 0.5) is 4.79 Å². The molecular formula is C15H16Cl2N2O3. The number of oxime groups is 1. The molecule has 2 aliphatic rings. The largest absolute Gasteiger partial charge is 0.465 e. The molecule has 0 bridgehead atoms. The van der Waals surface area contributed by atoms with Crippen molar-refractivity contribution in [2.75, 3.05) is 19.7 Å². The van der Waals surface area contributed by atoms with E-state index in [2.05, 4.69) is 5.16 Å². The summed E-state index contributed by atoms with van der Waals surface area (Å²) in [5, 5.41) is 14.3. The number of benzene rings is 1. The lowest BCUT2D eigenvalue weighted by molar-refractivity contribution is 0.148. The Morgan fingerprint density at radius 3 is 2.59 bits per heavy atom. The number of rotatable bonds is 4. The minimum atomic E-state index is -0.858. The number of piperidine rings is 1. The molecule has 0 spiro atoms. The molecule has 1 aromatic rings. The minimum absolute atomic E-state index is 0.222. The second-order valence-corrected chi connectivity index (χ2v) is 6.38. The molecule has 2 fully saturated rings. The molecule has 0 aromatic heterocycles. The molecule has 1 saturated heterocycles. The number of hydrogen-bond acceptors (Lipinski definition) is 3. The first kappa shape index (κ1) is 15.4. The molecule has 1 aliphatic heterocycles. The van der Waals surface area contributed by atoms with Gasteiger partial charge in [0.2, 0.25) is 0 Å². The zero-order chi connectivity index (χ0) is 15.9. The maximum Gasteiger partial charge on any atom is 0.407 e. The lowest BCUT2D eigenvalue weighted by Gasteiger charge is -2.17. The van der Waals surface area contributed by atoms with Crippen molar-refractivity contribution in [3.63, 3.8) is 0 Å². The van der Waals surface area contributed by atoms with Crippen molar-refractivity contribution < 1.29 is 14.7 Å². The normalized spacial score (nSPS) is 26.8. The number of amides is 1. The summed E-state index contributed by atoms with van der Waals surface area (Å²) in [5.74, 6) is 0.842. The summed E-state index contributed by atoms with van der Waals surface area (Å²) in [6, 6.07) is 5.39. The van der Waals surface area contributed by atoms with Gasteiger partial charge in [0.15, 0.2) is 0 Å². The fourth-order valence-corrected chi connectivity index (χ4v) is 3.48. The average Bonchev–Trinajstić information content (AvgIpc) is 2.95. The maximum absolute atomic E-state index is 11.0. The number of fused-ring (bicyclic) bond motifs is 1. The van der Waals surface area contributed by atoms with E-state index in [0.717, 1.165) is 11.3 Å². The van der Waals surface area contributed by atoms with Crippen LogP contribution in [0.15, 0.2) is 23.4 Å². The topological polar surface area (TPSA) is 62.1 Å². The minimum Gasteiger partial charge on any atom is -0.465 e. The van der Waals surface area contributed by atoms with Gasteiger partial charge >= 0.3 is 6.09 Å². The van der Waals surface area contributed by atoms with Gasteiger partial charge in [-0.3, -0.25) is 0 Å². The first-order valence-electron chi connectivity index (χ1n) is 7.16. The van der Waals surface area contributed by atoms with Crippen LogP contribution in [0.2, 0.25) is 10.0 Å². The Kier molecular flexibility index (Phi) is 4.19. The van der Waals surface area contributed by atoms with Crippen molar-refractivity contribution in [1.82, 2.24) is 4.90 Å². The Labute approximate surface area is 138 Å². The SMILES string of the molecule is CCO/N=C(\c1ccc(Cl)c(Cl)c1)C1C2CN(C(=O)O)CC21. The molecule has 5 nitrogen and oxygen atoms in total. The summed E-state index contributed by atoms with van der Waals surface area (Å²) in [6.45, 7) is 3.46. The van der Waals surface area contributed by atoms with Gasteiger partial charge in [0.1, 0.15) is 6.61 Å². The van der Waals surface area contributed by atoms with Crippen molar-refractivity contribution in [2.24, 2.45) is 22.9 Å². The number of carbonyl (C=O) groups is 1.